The summed E-state index contributed by atoms with van der Waals surface area (Å²) in [4.78, 5) is 0. The fourth-order valence-electron chi connectivity index (χ4n) is 1.20. The lowest BCUT2D eigenvalue weighted by Gasteiger charge is -2.40. The van der Waals surface area contributed by atoms with E-state index in [2.05, 4.69) is 4.74 Å². The Hall–Kier alpha value is -0.200. The van der Waals surface area contributed by atoms with E-state index in [4.69, 9.17) is 10.2 Å². The van der Waals surface area contributed by atoms with E-state index in [1.54, 1.807) is 6.92 Å². The Balaban J connectivity index is 2.67. The van der Waals surface area contributed by atoms with Gasteiger partial charge < -0.3 is 25.2 Å². The number of aliphatic hydroxyl groups excluding tert-OH is 3. The fraction of sp³-hybridized carbons (Fsp3) is 1.00. The molecule has 1 aliphatic heterocycles. The van der Waals surface area contributed by atoms with Crippen LogP contribution in [0.2, 0.25) is 0 Å². The normalized spacial score (nSPS) is 49.2. The molecule has 5 nitrogen and oxygen atoms in total. The molecule has 0 aromatic rings. The van der Waals surface area contributed by atoms with E-state index >= 15 is 0 Å². The summed E-state index contributed by atoms with van der Waals surface area (Å²) in [7, 11) is 0. The van der Waals surface area contributed by atoms with Crippen LogP contribution >= 0.6 is 0 Å². The second-order valence-electron chi connectivity index (χ2n) is 3.24. The predicted molar refractivity (Wildman–Crippen MR) is 38.9 cm³/mol. The molecule has 0 aliphatic carbocycles. The molecule has 1 heterocycles. The summed E-state index contributed by atoms with van der Waals surface area (Å²) >= 11 is 0. The Morgan fingerprint density at radius 3 is 2.58 bits per heavy atom. The first-order valence-electron chi connectivity index (χ1n) is 3.87. The van der Waals surface area contributed by atoms with Crippen LogP contribution in [0.3, 0.4) is 0 Å². The maximum Gasteiger partial charge on any atom is 0.218 e. The molecule has 0 spiro atoms. The molecule has 1 rings (SSSR count). The van der Waals surface area contributed by atoms with E-state index in [1.807, 2.05) is 0 Å². The number of rotatable bonds is 1. The van der Waals surface area contributed by atoms with Gasteiger partial charge in [0.1, 0.15) is 6.10 Å². The van der Waals surface area contributed by atoms with Crippen LogP contribution in [0.5, 0.6) is 0 Å². The molecular formula is C7H14O5. The minimum Gasteiger partial charge on any atom is -0.391 e. The minimum atomic E-state index is -2.01. The van der Waals surface area contributed by atoms with Crippen LogP contribution < -0.4 is 0 Å². The first kappa shape index (κ1) is 9.88. The van der Waals surface area contributed by atoms with E-state index in [1.165, 1.54) is 0 Å². The zero-order chi connectivity index (χ0) is 9.35. The molecule has 0 radical (unpaired) electrons. The van der Waals surface area contributed by atoms with Gasteiger partial charge in [-0.2, -0.15) is 0 Å². The Morgan fingerprint density at radius 2 is 2.08 bits per heavy atom. The van der Waals surface area contributed by atoms with Gasteiger partial charge in [-0.25, -0.2) is 0 Å². The van der Waals surface area contributed by atoms with Crippen molar-refractivity contribution in [2.45, 2.75) is 31.5 Å². The van der Waals surface area contributed by atoms with E-state index in [-0.39, 0.29) is 12.3 Å². The summed E-state index contributed by atoms with van der Waals surface area (Å²) in [6.45, 7) is 0.961. The van der Waals surface area contributed by atoms with Crippen molar-refractivity contribution in [3.05, 3.63) is 0 Å². The Morgan fingerprint density at radius 1 is 1.50 bits per heavy atom. The van der Waals surface area contributed by atoms with Crippen molar-refractivity contribution in [3.63, 3.8) is 0 Å². The fourth-order valence-corrected chi connectivity index (χ4v) is 1.20. The molecule has 0 saturated carbocycles. The Labute approximate surface area is 70.2 Å². The molecule has 0 aromatic heterocycles. The second kappa shape index (κ2) is 3.27. The van der Waals surface area contributed by atoms with Crippen molar-refractivity contribution in [2.75, 3.05) is 6.61 Å². The largest absolute Gasteiger partial charge is 0.391 e. The molecule has 0 bridgehead atoms. The van der Waals surface area contributed by atoms with E-state index in [0.717, 1.165) is 0 Å². The third kappa shape index (κ3) is 1.60. The Bertz CT molecular complexity index is 162. The highest BCUT2D eigenvalue weighted by Gasteiger charge is 2.45. The quantitative estimate of drug-likeness (QED) is 0.388. The van der Waals surface area contributed by atoms with Crippen LogP contribution in [-0.4, -0.2) is 45.2 Å². The third-order valence-corrected chi connectivity index (χ3v) is 2.15. The summed E-state index contributed by atoms with van der Waals surface area (Å²) in [5, 5.41) is 36.5. The van der Waals surface area contributed by atoms with Gasteiger partial charge >= 0.3 is 0 Å². The van der Waals surface area contributed by atoms with Crippen molar-refractivity contribution in [2.24, 2.45) is 5.92 Å². The Kier molecular flexibility index (Phi) is 2.70. The molecule has 4 N–H and O–H groups in total. The highest BCUT2D eigenvalue weighted by molar-refractivity contribution is 4.84. The molecule has 72 valence electrons. The summed E-state index contributed by atoms with van der Waals surface area (Å²) < 4.78 is 4.66. The van der Waals surface area contributed by atoms with Crippen LogP contribution in [0.15, 0.2) is 0 Å². The van der Waals surface area contributed by atoms with Gasteiger partial charge in [-0.05, 0) is 6.42 Å². The summed E-state index contributed by atoms with van der Waals surface area (Å²) in [5.41, 5.74) is 0. The lowest BCUT2D eigenvalue weighted by Crippen LogP contribution is -2.56. The molecule has 4 atom stereocenters. The second-order valence-corrected chi connectivity index (χ2v) is 3.24. The van der Waals surface area contributed by atoms with Crippen LogP contribution in [0.25, 0.3) is 0 Å². The van der Waals surface area contributed by atoms with Gasteiger partial charge in [0.2, 0.25) is 5.79 Å². The average Bonchev–Trinajstić information content (AvgIpc) is 2.01. The molecule has 5 heteroatoms. The van der Waals surface area contributed by atoms with Crippen molar-refractivity contribution in [3.8, 4) is 0 Å². The van der Waals surface area contributed by atoms with Gasteiger partial charge in [0.05, 0.1) is 6.61 Å². The number of hydrogen-bond acceptors (Lipinski definition) is 5. The SMILES string of the molecule is CC1CC(O)C(O)(CO)OC1O. The van der Waals surface area contributed by atoms with Gasteiger partial charge in [0.25, 0.3) is 0 Å². The highest BCUT2D eigenvalue weighted by Crippen LogP contribution is 2.29. The van der Waals surface area contributed by atoms with Crippen LogP contribution in [0.1, 0.15) is 13.3 Å². The molecule has 4 unspecified atom stereocenters. The van der Waals surface area contributed by atoms with Crippen molar-refractivity contribution in [1.29, 1.82) is 0 Å². The monoisotopic (exact) mass is 178 g/mol. The molecule has 1 fully saturated rings. The van der Waals surface area contributed by atoms with Crippen LogP contribution in [0.4, 0.5) is 0 Å². The highest BCUT2D eigenvalue weighted by atomic mass is 16.7. The third-order valence-electron chi connectivity index (χ3n) is 2.15. The lowest BCUT2D eigenvalue weighted by molar-refractivity contribution is -0.360. The van der Waals surface area contributed by atoms with E-state index in [0.29, 0.717) is 0 Å². The molecule has 1 saturated heterocycles. The van der Waals surface area contributed by atoms with Gasteiger partial charge in [-0.15, -0.1) is 0 Å². The standard InChI is InChI=1S/C7H14O5/c1-4-2-5(9)7(11,3-8)12-6(4)10/h4-6,8-11H,2-3H2,1H3. The van der Waals surface area contributed by atoms with Gasteiger partial charge in [-0.3, -0.25) is 0 Å². The number of hydrogen-bond donors (Lipinski definition) is 4. The molecule has 0 amide bonds. The van der Waals surface area contributed by atoms with Crippen LogP contribution in [0, 0.1) is 5.92 Å². The minimum absolute atomic E-state index is 0.207. The number of ether oxygens (including phenoxy) is 1. The summed E-state index contributed by atoms with van der Waals surface area (Å²) in [6, 6.07) is 0. The first-order valence-corrected chi connectivity index (χ1v) is 3.87. The number of aliphatic hydroxyl groups is 4. The van der Waals surface area contributed by atoms with Gasteiger partial charge in [-0.1, -0.05) is 6.92 Å². The van der Waals surface area contributed by atoms with E-state index < -0.39 is 24.8 Å². The lowest BCUT2D eigenvalue weighted by atomic mass is 9.94. The van der Waals surface area contributed by atoms with E-state index in [9.17, 15) is 10.2 Å². The average molecular weight is 178 g/mol. The first-order chi connectivity index (χ1) is 5.49. The predicted octanol–water partition coefficient (Wildman–Crippen LogP) is -1.60. The van der Waals surface area contributed by atoms with Crippen LogP contribution in [-0.2, 0) is 4.74 Å². The molecule has 12 heavy (non-hydrogen) atoms. The molecular weight excluding hydrogens is 164 g/mol. The van der Waals surface area contributed by atoms with Gasteiger partial charge in [0.15, 0.2) is 6.29 Å². The van der Waals surface area contributed by atoms with Crippen molar-refractivity contribution >= 4 is 0 Å². The smallest absolute Gasteiger partial charge is 0.218 e. The topological polar surface area (TPSA) is 90.2 Å². The maximum absolute atomic E-state index is 9.35. The summed E-state index contributed by atoms with van der Waals surface area (Å²) in [5.74, 6) is -2.25. The molecule has 0 aromatic carbocycles. The maximum atomic E-state index is 9.35. The van der Waals surface area contributed by atoms with Crippen molar-refractivity contribution < 1.29 is 25.2 Å². The zero-order valence-corrected chi connectivity index (χ0v) is 6.84. The van der Waals surface area contributed by atoms with Crippen molar-refractivity contribution in [1.82, 2.24) is 0 Å². The zero-order valence-electron chi connectivity index (χ0n) is 6.84. The van der Waals surface area contributed by atoms with Gasteiger partial charge in [0, 0.05) is 5.92 Å². The summed E-state index contributed by atoms with van der Waals surface area (Å²) in [6.07, 6.45) is -2.08. The molecule has 1 aliphatic rings.